The first-order valence-corrected chi connectivity index (χ1v) is 14.1. The SMILES string of the molecule is CC(C)C(C(=O)Nc1cc(C2CC2)[nH]n1)c1cccc(-c2ccc(NC(=O)/C=C/CN3CCC(F)CC3)nc2)c1. The number of amides is 2. The van der Waals surface area contributed by atoms with Gasteiger partial charge in [0.05, 0.1) is 5.92 Å². The third kappa shape index (κ3) is 7.21. The third-order valence-electron chi connectivity index (χ3n) is 7.56. The van der Waals surface area contributed by atoms with Crippen LogP contribution in [0.5, 0.6) is 0 Å². The van der Waals surface area contributed by atoms with Crippen molar-refractivity contribution in [2.75, 3.05) is 30.3 Å². The fourth-order valence-electron chi connectivity index (χ4n) is 5.16. The van der Waals surface area contributed by atoms with Crippen LogP contribution in [-0.2, 0) is 9.59 Å². The van der Waals surface area contributed by atoms with E-state index in [-0.39, 0.29) is 23.7 Å². The molecule has 0 bridgehead atoms. The van der Waals surface area contributed by atoms with Crippen molar-refractivity contribution in [3.05, 3.63) is 72.1 Å². The zero-order chi connectivity index (χ0) is 28.1. The van der Waals surface area contributed by atoms with Crippen molar-refractivity contribution in [2.45, 2.75) is 57.5 Å². The largest absolute Gasteiger partial charge is 0.309 e. The summed E-state index contributed by atoms with van der Waals surface area (Å²) in [6.45, 7) is 6.13. The van der Waals surface area contributed by atoms with E-state index in [0.29, 0.717) is 50.0 Å². The summed E-state index contributed by atoms with van der Waals surface area (Å²) in [6.07, 6.45) is 7.74. The maximum Gasteiger partial charge on any atom is 0.249 e. The number of pyridine rings is 1. The van der Waals surface area contributed by atoms with Crippen molar-refractivity contribution in [1.29, 1.82) is 0 Å². The summed E-state index contributed by atoms with van der Waals surface area (Å²) in [5.41, 5.74) is 3.82. The standard InChI is InChI=1S/C31H37FN6O2/c1-20(2)30(31(40)35-28-18-26(36-37-28)21-8-9-21)23-6-3-5-22(17-23)24-10-11-27(33-19-24)34-29(39)7-4-14-38-15-12-25(32)13-16-38/h3-7,10-11,17-21,25,30H,8-9,12-16H2,1-2H3,(H,33,34,39)(H2,35,36,37,40)/b7-4+. The Morgan fingerprint density at radius 3 is 2.55 bits per heavy atom. The van der Waals surface area contributed by atoms with Gasteiger partial charge in [-0.3, -0.25) is 19.6 Å². The number of anilines is 2. The average molecular weight is 545 g/mol. The molecule has 0 radical (unpaired) electrons. The molecule has 1 saturated carbocycles. The van der Waals surface area contributed by atoms with Crippen molar-refractivity contribution < 1.29 is 14.0 Å². The Labute approximate surface area is 234 Å². The molecule has 40 heavy (non-hydrogen) atoms. The Balaban J connectivity index is 1.19. The number of rotatable bonds is 10. The van der Waals surface area contributed by atoms with E-state index in [0.717, 1.165) is 22.4 Å². The first-order chi connectivity index (χ1) is 19.4. The summed E-state index contributed by atoms with van der Waals surface area (Å²) in [5, 5.41) is 13.1. The van der Waals surface area contributed by atoms with E-state index < -0.39 is 6.17 Å². The molecule has 1 aliphatic carbocycles. The van der Waals surface area contributed by atoms with E-state index in [9.17, 15) is 14.0 Å². The van der Waals surface area contributed by atoms with Crippen molar-refractivity contribution in [2.24, 2.45) is 5.92 Å². The normalized spacial score (nSPS) is 17.3. The Morgan fingerprint density at radius 2 is 1.85 bits per heavy atom. The highest BCUT2D eigenvalue weighted by Gasteiger charge is 2.28. The number of hydrogen-bond donors (Lipinski definition) is 3. The fraction of sp³-hybridized carbons (Fsp3) is 0.419. The molecule has 0 spiro atoms. The lowest BCUT2D eigenvalue weighted by Gasteiger charge is -2.27. The van der Waals surface area contributed by atoms with E-state index in [4.69, 9.17) is 0 Å². The van der Waals surface area contributed by atoms with Crippen molar-refractivity contribution >= 4 is 23.5 Å². The molecule has 3 N–H and O–H groups in total. The monoisotopic (exact) mass is 544 g/mol. The molecule has 2 aliphatic rings. The number of piperidine rings is 1. The van der Waals surface area contributed by atoms with Crippen LogP contribution in [0.3, 0.4) is 0 Å². The van der Waals surface area contributed by atoms with Crippen LogP contribution in [0, 0.1) is 5.92 Å². The van der Waals surface area contributed by atoms with E-state index in [1.165, 1.54) is 18.9 Å². The third-order valence-corrected chi connectivity index (χ3v) is 7.56. The van der Waals surface area contributed by atoms with E-state index >= 15 is 0 Å². The van der Waals surface area contributed by atoms with Gasteiger partial charge in [0, 0.05) is 55.1 Å². The maximum atomic E-state index is 13.3. The Hall–Kier alpha value is -3.85. The predicted octanol–water partition coefficient (Wildman–Crippen LogP) is 5.66. The Morgan fingerprint density at radius 1 is 1.05 bits per heavy atom. The molecule has 1 atom stereocenters. The highest BCUT2D eigenvalue weighted by atomic mass is 19.1. The van der Waals surface area contributed by atoms with Crippen LogP contribution in [-0.4, -0.2) is 57.7 Å². The summed E-state index contributed by atoms with van der Waals surface area (Å²) in [7, 11) is 0. The molecule has 3 aromatic rings. The molecule has 9 heteroatoms. The highest BCUT2D eigenvalue weighted by Crippen LogP contribution is 2.39. The van der Waals surface area contributed by atoms with Crippen LogP contribution in [0.25, 0.3) is 11.1 Å². The summed E-state index contributed by atoms with van der Waals surface area (Å²) in [5.74, 6) is 0.951. The minimum absolute atomic E-state index is 0.0800. The highest BCUT2D eigenvalue weighted by molar-refractivity contribution is 5.98. The first kappa shape index (κ1) is 27.7. The van der Waals surface area contributed by atoms with Gasteiger partial charge in [-0.2, -0.15) is 5.10 Å². The van der Waals surface area contributed by atoms with Gasteiger partial charge < -0.3 is 10.6 Å². The number of carbonyl (C=O) groups excluding carboxylic acids is 2. The van der Waals surface area contributed by atoms with Gasteiger partial charge in [0.15, 0.2) is 5.82 Å². The molecule has 3 heterocycles. The van der Waals surface area contributed by atoms with Crippen LogP contribution in [0.1, 0.15) is 62.6 Å². The van der Waals surface area contributed by atoms with Gasteiger partial charge in [0.25, 0.3) is 0 Å². The minimum Gasteiger partial charge on any atom is -0.309 e. The molecule has 8 nitrogen and oxygen atoms in total. The minimum atomic E-state index is -0.705. The number of nitrogens with zero attached hydrogens (tertiary/aromatic N) is 3. The number of nitrogens with one attached hydrogen (secondary N) is 3. The molecular weight excluding hydrogens is 507 g/mol. The fourth-order valence-corrected chi connectivity index (χ4v) is 5.16. The maximum absolute atomic E-state index is 13.3. The van der Waals surface area contributed by atoms with Crippen molar-refractivity contribution in [3.8, 4) is 11.1 Å². The molecule has 210 valence electrons. The van der Waals surface area contributed by atoms with Gasteiger partial charge in [-0.05, 0) is 54.9 Å². The first-order valence-electron chi connectivity index (χ1n) is 14.1. The van der Waals surface area contributed by atoms with Gasteiger partial charge in [-0.15, -0.1) is 0 Å². The summed E-state index contributed by atoms with van der Waals surface area (Å²) in [6, 6.07) is 13.5. The molecule has 5 rings (SSSR count). The lowest BCUT2D eigenvalue weighted by atomic mass is 9.86. The van der Waals surface area contributed by atoms with E-state index in [2.05, 4.69) is 30.7 Å². The topological polar surface area (TPSA) is 103 Å². The Bertz CT molecular complexity index is 1340. The second-order valence-corrected chi connectivity index (χ2v) is 11.1. The number of H-pyrrole nitrogens is 1. The number of halogens is 1. The zero-order valence-electron chi connectivity index (χ0n) is 23.1. The van der Waals surface area contributed by atoms with Crippen molar-refractivity contribution in [3.63, 3.8) is 0 Å². The molecule has 1 aromatic carbocycles. The second kappa shape index (κ2) is 12.6. The lowest BCUT2D eigenvalue weighted by molar-refractivity contribution is -0.118. The average Bonchev–Trinajstić information content (AvgIpc) is 3.69. The van der Waals surface area contributed by atoms with Crippen molar-refractivity contribution in [1.82, 2.24) is 20.1 Å². The number of carbonyl (C=O) groups is 2. The number of hydrogen-bond acceptors (Lipinski definition) is 5. The summed E-state index contributed by atoms with van der Waals surface area (Å²) < 4.78 is 13.3. The summed E-state index contributed by atoms with van der Waals surface area (Å²) >= 11 is 0. The summed E-state index contributed by atoms with van der Waals surface area (Å²) in [4.78, 5) is 32.1. The Kier molecular flexibility index (Phi) is 8.69. The molecule has 2 fully saturated rings. The molecule has 1 aliphatic heterocycles. The van der Waals surface area contributed by atoms with E-state index in [1.807, 2.05) is 50.2 Å². The smallest absolute Gasteiger partial charge is 0.249 e. The van der Waals surface area contributed by atoms with E-state index in [1.54, 1.807) is 18.3 Å². The quantitative estimate of drug-likeness (QED) is 0.286. The number of benzene rings is 1. The lowest BCUT2D eigenvalue weighted by Crippen LogP contribution is -2.34. The second-order valence-electron chi connectivity index (χ2n) is 11.1. The predicted molar refractivity (Wildman–Crippen MR) is 155 cm³/mol. The molecule has 2 amide bonds. The van der Waals surface area contributed by atoms with Gasteiger partial charge in [0.2, 0.25) is 11.8 Å². The molecule has 2 aromatic heterocycles. The number of aromatic nitrogens is 3. The van der Waals surface area contributed by atoms with Crippen LogP contribution in [0.4, 0.5) is 16.0 Å². The van der Waals surface area contributed by atoms with Crippen LogP contribution in [0.2, 0.25) is 0 Å². The number of likely N-dealkylation sites (tertiary alicyclic amines) is 1. The van der Waals surface area contributed by atoms with Gasteiger partial charge in [-0.1, -0.05) is 44.2 Å². The van der Waals surface area contributed by atoms with Gasteiger partial charge >= 0.3 is 0 Å². The molecular formula is C31H37FN6O2. The van der Waals surface area contributed by atoms with Gasteiger partial charge in [-0.25, -0.2) is 9.37 Å². The van der Waals surface area contributed by atoms with Crippen LogP contribution < -0.4 is 10.6 Å². The zero-order valence-corrected chi connectivity index (χ0v) is 23.1. The van der Waals surface area contributed by atoms with Crippen LogP contribution in [0.15, 0.2) is 60.8 Å². The molecule has 1 unspecified atom stereocenters. The van der Waals surface area contributed by atoms with Gasteiger partial charge in [0.1, 0.15) is 12.0 Å². The number of alkyl halides is 1. The van der Waals surface area contributed by atoms with Crippen LogP contribution >= 0.6 is 0 Å². The molecule has 1 saturated heterocycles. The number of aromatic amines is 1.